The van der Waals surface area contributed by atoms with Gasteiger partial charge in [0.15, 0.2) is 5.78 Å². The van der Waals surface area contributed by atoms with E-state index in [0.717, 1.165) is 17.5 Å². The third-order valence-corrected chi connectivity index (χ3v) is 17.2. The first-order valence-electron chi connectivity index (χ1n) is 28.3. The lowest BCUT2D eigenvalue weighted by Gasteiger charge is -2.41. The molecule has 18 heteroatoms. The summed E-state index contributed by atoms with van der Waals surface area (Å²) in [5.41, 5.74) is 2.34. The molecule has 2 aromatic rings. The largest absolute Gasteiger partial charge is 0.481 e. The molecule has 2 saturated heterocycles. The molecule has 2 aliphatic heterocycles. The predicted octanol–water partition coefficient (Wildman–Crippen LogP) is 8.50. The Morgan fingerprint density at radius 1 is 0.785 bits per heavy atom. The number of aliphatic carboxylic acids is 1. The molecule has 1 N–H and O–H groups in total. The summed E-state index contributed by atoms with van der Waals surface area (Å²) in [6.45, 7) is 13.9. The van der Waals surface area contributed by atoms with Gasteiger partial charge in [-0.3, -0.25) is 43.3 Å². The van der Waals surface area contributed by atoms with Crippen molar-refractivity contribution in [3.05, 3.63) is 71.3 Å². The molecule has 4 rings (SSSR count). The van der Waals surface area contributed by atoms with Crippen LogP contribution in [0.15, 0.2) is 54.6 Å². The first-order valence-corrected chi connectivity index (χ1v) is 29.6. The van der Waals surface area contributed by atoms with Crippen LogP contribution in [0.1, 0.15) is 136 Å². The molecule has 2 aromatic carbocycles. The first-order chi connectivity index (χ1) is 37.5. The molecule has 0 spiro atoms. The van der Waals surface area contributed by atoms with Crippen molar-refractivity contribution in [1.82, 2.24) is 19.6 Å². The summed E-state index contributed by atoms with van der Waals surface area (Å²) in [6, 6.07) is 14.5. The average molecular weight is 1120 g/mol. The van der Waals surface area contributed by atoms with Crippen LogP contribution in [0.25, 0.3) is 0 Å². The maximum Gasteiger partial charge on any atom is 0.410 e. The number of likely N-dealkylation sites (N-methyl/N-ethyl adjacent to an activating group) is 2. The van der Waals surface area contributed by atoms with Crippen LogP contribution in [-0.2, 0) is 72.0 Å². The highest BCUT2D eigenvalue weighted by Crippen LogP contribution is 2.32. The fourth-order valence-corrected chi connectivity index (χ4v) is 12.1. The molecule has 2 fully saturated rings. The van der Waals surface area contributed by atoms with Gasteiger partial charge >= 0.3 is 12.1 Å². The molecule has 2 aliphatic rings. The van der Waals surface area contributed by atoms with Gasteiger partial charge in [0.25, 0.3) is 0 Å². The van der Waals surface area contributed by atoms with Crippen molar-refractivity contribution >= 4 is 64.8 Å². The molecule has 0 saturated carbocycles. The van der Waals surface area contributed by atoms with Crippen molar-refractivity contribution < 1.29 is 62.5 Å². The standard InChI is InChI=1S/C61H90N4O13S/c1-13-40(6)56(51(76-10)35-53(69)64-30-20-24-48(64)57(77-11)41(7)49(67)33-45(60(73)74)31-42-21-16-14-17-22-42)62(8)58(71)47(38(2)3)34-50(68)55(39(4)5)63(9)61(75)78-37-44-27-25-43(26-28-44)32-46(66)23-18-15-19-29-65-54(70)36-52(79-12)59(65)72/h14,16-17,21-22,25-28,38-41,45,47-48,51-52,55-57H,13,15,18-20,23-24,29-37H2,1-12H3,(H,73,74)/t40-,41-,45+,47-,48-,51+,52?,55-,56-,57+/m0/s1. The number of imide groups is 1. The number of nitrogens with zero attached hydrogens (tertiary/aromatic N) is 4. The Morgan fingerprint density at radius 3 is 2.01 bits per heavy atom. The van der Waals surface area contributed by atoms with Gasteiger partial charge in [-0.05, 0) is 72.8 Å². The molecule has 79 heavy (non-hydrogen) atoms. The van der Waals surface area contributed by atoms with E-state index >= 15 is 0 Å². The second-order valence-electron chi connectivity index (χ2n) is 22.5. The van der Waals surface area contributed by atoms with E-state index in [0.29, 0.717) is 57.2 Å². The van der Waals surface area contributed by atoms with Gasteiger partial charge in [0.2, 0.25) is 23.6 Å². The number of carboxylic acid groups (broad SMARTS) is 1. The van der Waals surface area contributed by atoms with E-state index in [2.05, 4.69) is 0 Å². The van der Waals surface area contributed by atoms with Gasteiger partial charge in [-0.1, -0.05) is 116 Å². The lowest BCUT2D eigenvalue weighted by molar-refractivity contribution is -0.149. The van der Waals surface area contributed by atoms with Crippen molar-refractivity contribution in [2.75, 3.05) is 47.7 Å². The predicted molar refractivity (Wildman–Crippen MR) is 304 cm³/mol. The van der Waals surface area contributed by atoms with E-state index in [-0.39, 0.29) is 109 Å². The first kappa shape index (κ1) is 66.1. The molecular weight excluding hydrogens is 1030 g/mol. The van der Waals surface area contributed by atoms with E-state index in [1.54, 1.807) is 35.9 Å². The number of carbonyl (C=O) groups is 9. The Morgan fingerprint density at radius 2 is 1.44 bits per heavy atom. The van der Waals surface area contributed by atoms with Crippen molar-refractivity contribution in [2.45, 2.75) is 174 Å². The summed E-state index contributed by atoms with van der Waals surface area (Å²) in [4.78, 5) is 126. The van der Waals surface area contributed by atoms with Gasteiger partial charge in [0, 0.05) is 85.3 Å². The number of benzene rings is 2. The monoisotopic (exact) mass is 1120 g/mol. The van der Waals surface area contributed by atoms with Gasteiger partial charge in [-0.25, -0.2) is 4.79 Å². The number of Topliss-reactive ketones (excluding diaryl/α,β-unsaturated/α-hetero) is 3. The summed E-state index contributed by atoms with van der Waals surface area (Å²) in [5, 5.41) is 9.75. The number of amides is 5. The quantitative estimate of drug-likeness (QED) is 0.0514. The van der Waals surface area contributed by atoms with E-state index in [9.17, 15) is 48.3 Å². The zero-order valence-electron chi connectivity index (χ0n) is 49.0. The van der Waals surface area contributed by atoms with Crippen molar-refractivity contribution in [1.29, 1.82) is 0 Å². The number of carbonyl (C=O) groups excluding carboxylic acids is 8. The molecule has 0 bridgehead atoms. The Hall–Kier alpha value is -5.46. The average Bonchev–Trinajstić information content (AvgIpc) is 4.01. The van der Waals surface area contributed by atoms with Crippen LogP contribution in [0.5, 0.6) is 0 Å². The molecule has 5 amide bonds. The summed E-state index contributed by atoms with van der Waals surface area (Å²) >= 11 is 1.39. The minimum Gasteiger partial charge on any atom is -0.481 e. The number of likely N-dealkylation sites (tertiary alicyclic amines) is 2. The molecule has 0 radical (unpaired) electrons. The minimum atomic E-state index is -1.05. The molecule has 438 valence electrons. The van der Waals surface area contributed by atoms with E-state index in [1.165, 1.54) is 42.8 Å². The van der Waals surface area contributed by atoms with Crippen molar-refractivity contribution in [3.8, 4) is 0 Å². The number of carboxylic acids is 1. The normalized spacial score (nSPS) is 18.7. The van der Waals surface area contributed by atoms with Crippen LogP contribution in [-0.4, -0.2) is 161 Å². The third kappa shape index (κ3) is 18.5. The summed E-state index contributed by atoms with van der Waals surface area (Å²) in [7, 11) is 6.23. The van der Waals surface area contributed by atoms with Gasteiger partial charge < -0.3 is 34.0 Å². The summed E-state index contributed by atoms with van der Waals surface area (Å²) in [5.74, 6) is -5.38. The lowest BCUT2D eigenvalue weighted by Crippen LogP contribution is -2.54. The van der Waals surface area contributed by atoms with Gasteiger partial charge in [0.1, 0.15) is 18.2 Å². The highest BCUT2D eigenvalue weighted by atomic mass is 32.2. The van der Waals surface area contributed by atoms with Crippen LogP contribution in [0.3, 0.4) is 0 Å². The van der Waals surface area contributed by atoms with Gasteiger partial charge in [-0.2, -0.15) is 11.8 Å². The number of hydrogen-bond acceptors (Lipinski definition) is 13. The number of unbranched alkanes of at least 4 members (excludes halogenated alkanes) is 2. The highest BCUT2D eigenvalue weighted by Gasteiger charge is 2.44. The topological polar surface area (TPSA) is 215 Å². The SMILES string of the molecule is CC[C@H](C)[C@@H]([C@@H](CC(=O)N1CCC[C@H]1[C@H](OC)[C@@H](C)C(=O)C[C@@H](Cc1ccccc1)C(=O)O)OC)N(C)C(=O)[C@@H](CC(=O)[C@H](C(C)C)N(C)C(=O)OCc1ccc(CC(=O)CCCCCN2C(=O)CC(SC)C2=O)cc1)C(C)C. The molecular formula is C61H90N4O13S. The smallest absolute Gasteiger partial charge is 0.410 e. The zero-order valence-corrected chi connectivity index (χ0v) is 49.8. The van der Waals surface area contributed by atoms with Crippen LogP contribution in [0.2, 0.25) is 0 Å². The molecule has 1 unspecified atom stereocenters. The Balaban J connectivity index is 1.34. The third-order valence-electron chi connectivity index (χ3n) is 16.3. The second kappa shape index (κ2) is 32.1. The Kier molecular flexibility index (Phi) is 26.8. The maximum atomic E-state index is 14.8. The van der Waals surface area contributed by atoms with Gasteiger partial charge in [0.05, 0.1) is 47.9 Å². The lowest BCUT2D eigenvalue weighted by atomic mass is 9.83. The van der Waals surface area contributed by atoms with Crippen LogP contribution in [0.4, 0.5) is 4.79 Å². The van der Waals surface area contributed by atoms with E-state index in [1.807, 2.05) is 90.3 Å². The van der Waals surface area contributed by atoms with E-state index < -0.39 is 60.1 Å². The number of thioether (sulfide) groups is 1. The van der Waals surface area contributed by atoms with Crippen LogP contribution >= 0.6 is 11.8 Å². The number of ether oxygens (including phenoxy) is 3. The maximum absolute atomic E-state index is 14.8. The highest BCUT2D eigenvalue weighted by molar-refractivity contribution is 8.00. The molecule has 17 nitrogen and oxygen atoms in total. The fraction of sp³-hybridized carbons (Fsp3) is 0.656. The summed E-state index contributed by atoms with van der Waals surface area (Å²) < 4.78 is 17.7. The van der Waals surface area contributed by atoms with E-state index in [4.69, 9.17) is 14.2 Å². The number of hydrogen-bond donors (Lipinski definition) is 1. The number of rotatable bonds is 34. The Bertz CT molecular complexity index is 2370. The van der Waals surface area contributed by atoms with Gasteiger partial charge in [-0.15, -0.1) is 0 Å². The summed E-state index contributed by atoms with van der Waals surface area (Å²) in [6.07, 6.45) is 4.39. The second-order valence-corrected chi connectivity index (χ2v) is 23.6. The minimum absolute atomic E-state index is 0.0648. The number of ketones is 3. The molecule has 0 aliphatic carbocycles. The fourth-order valence-electron chi connectivity index (χ4n) is 11.4. The molecule has 0 aromatic heterocycles. The van der Waals surface area contributed by atoms with Crippen LogP contribution < -0.4 is 0 Å². The molecule has 10 atom stereocenters. The zero-order chi connectivity index (χ0) is 58.7. The molecule has 2 heterocycles. The Labute approximate surface area is 473 Å². The van der Waals surface area contributed by atoms with Crippen molar-refractivity contribution in [2.24, 2.45) is 35.5 Å². The number of methoxy groups -OCH3 is 2. The van der Waals surface area contributed by atoms with Crippen molar-refractivity contribution in [3.63, 3.8) is 0 Å². The van der Waals surface area contributed by atoms with Crippen LogP contribution in [0, 0.1) is 35.5 Å².